The van der Waals surface area contributed by atoms with Crippen molar-refractivity contribution in [2.75, 3.05) is 13.2 Å². The van der Waals surface area contributed by atoms with Gasteiger partial charge in [-0.2, -0.15) is 9.97 Å². The molecular formula is C16H18N4O4. The fourth-order valence-electron chi connectivity index (χ4n) is 2.33. The number of nitrogens with zero attached hydrogens (tertiary/aromatic N) is 4. The summed E-state index contributed by atoms with van der Waals surface area (Å²) >= 11 is 0. The molecular weight excluding hydrogens is 312 g/mol. The van der Waals surface area contributed by atoms with Crippen LogP contribution in [0, 0.1) is 27.7 Å². The lowest BCUT2D eigenvalue weighted by Crippen LogP contribution is -2.10. The number of ether oxygens (including phenoxy) is 2. The predicted octanol–water partition coefficient (Wildman–Crippen LogP) is 2.81. The quantitative estimate of drug-likeness (QED) is 0.637. The first kappa shape index (κ1) is 16.0. The minimum atomic E-state index is 0.146. The second-order valence-corrected chi connectivity index (χ2v) is 5.38. The van der Waals surface area contributed by atoms with Crippen molar-refractivity contribution < 1.29 is 18.5 Å². The molecule has 2 aromatic heterocycles. The highest BCUT2D eigenvalue weighted by atomic mass is 16.6. The van der Waals surface area contributed by atoms with Crippen molar-refractivity contribution in [3.05, 3.63) is 35.0 Å². The lowest BCUT2D eigenvalue weighted by Gasteiger charge is -2.13. The zero-order valence-electron chi connectivity index (χ0n) is 14.0. The van der Waals surface area contributed by atoms with E-state index in [0.29, 0.717) is 30.8 Å². The van der Waals surface area contributed by atoms with Gasteiger partial charge in [-0.25, -0.2) is 0 Å². The average molecular weight is 330 g/mol. The smallest absolute Gasteiger partial charge is 0.417 e. The van der Waals surface area contributed by atoms with Crippen molar-refractivity contribution in [3.8, 4) is 23.2 Å². The van der Waals surface area contributed by atoms with Crippen LogP contribution in [0.1, 0.15) is 22.8 Å². The molecule has 0 aliphatic rings. The monoisotopic (exact) mass is 330 g/mol. The summed E-state index contributed by atoms with van der Waals surface area (Å²) in [5.41, 5.74) is 2.87. The Morgan fingerprint density at radius 2 is 1.58 bits per heavy atom. The van der Waals surface area contributed by atoms with Crippen molar-refractivity contribution >= 4 is 0 Å². The van der Waals surface area contributed by atoms with Gasteiger partial charge in [-0.3, -0.25) is 4.52 Å². The van der Waals surface area contributed by atoms with Gasteiger partial charge in [0, 0.05) is 12.5 Å². The molecule has 2 heterocycles. The largest absolute Gasteiger partial charge is 0.489 e. The fraction of sp³-hybridized carbons (Fsp3) is 0.375. The van der Waals surface area contributed by atoms with Gasteiger partial charge in [0.05, 0.1) is 0 Å². The van der Waals surface area contributed by atoms with Gasteiger partial charge in [0.25, 0.3) is 0 Å². The molecule has 0 saturated heterocycles. The molecule has 0 spiro atoms. The molecule has 8 heteroatoms. The Bertz CT molecular complexity index is 817. The van der Waals surface area contributed by atoms with Gasteiger partial charge in [0.1, 0.15) is 19.0 Å². The molecule has 0 radical (unpaired) electrons. The molecule has 24 heavy (non-hydrogen) atoms. The molecule has 3 rings (SSSR count). The van der Waals surface area contributed by atoms with Crippen LogP contribution in [0.15, 0.2) is 21.2 Å². The number of hydrogen-bond acceptors (Lipinski definition) is 8. The van der Waals surface area contributed by atoms with E-state index in [4.69, 9.17) is 18.5 Å². The van der Waals surface area contributed by atoms with Crippen molar-refractivity contribution in [1.82, 2.24) is 20.3 Å². The maximum absolute atomic E-state index is 5.81. The lowest BCUT2D eigenvalue weighted by molar-refractivity contribution is 0.162. The third kappa shape index (κ3) is 3.53. The summed E-state index contributed by atoms with van der Waals surface area (Å²) in [6.45, 7) is 8.11. The van der Waals surface area contributed by atoms with Crippen molar-refractivity contribution in [2.45, 2.75) is 27.7 Å². The SMILES string of the molecule is Cc1noc(OCCOc2c(C)cc(-c3noc(C)n3)cc2C)n1. The van der Waals surface area contributed by atoms with Crippen LogP contribution in [-0.4, -0.2) is 33.5 Å². The van der Waals surface area contributed by atoms with Crippen molar-refractivity contribution in [2.24, 2.45) is 0 Å². The van der Waals surface area contributed by atoms with Crippen LogP contribution >= 0.6 is 0 Å². The Labute approximate surface area is 138 Å². The maximum atomic E-state index is 5.81. The molecule has 0 saturated carbocycles. The van der Waals surface area contributed by atoms with Crippen LogP contribution in [0.2, 0.25) is 0 Å². The van der Waals surface area contributed by atoms with E-state index >= 15 is 0 Å². The normalized spacial score (nSPS) is 10.8. The standard InChI is InChI=1S/C16H18N4O4/c1-9-7-13(15-18-12(4)23-20-15)8-10(2)14(9)21-5-6-22-16-17-11(3)19-24-16/h7-8H,5-6H2,1-4H3. The highest BCUT2D eigenvalue weighted by Gasteiger charge is 2.12. The summed E-state index contributed by atoms with van der Waals surface area (Å²) in [4.78, 5) is 8.20. The third-order valence-electron chi connectivity index (χ3n) is 3.31. The molecule has 0 unspecified atom stereocenters. The molecule has 0 fully saturated rings. The molecule has 3 aromatic rings. The van der Waals surface area contributed by atoms with Gasteiger partial charge in [-0.15, -0.1) is 0 Å². The van der Waals surface area contributed by atoms with Gasteiger partial charge in [0.15, 0.2) is 5.82 Å². The molecule has 0 aliphatic heterocycles. The Hall–Kier alpha value is -2.90. The van der Waals surface area contributed by atoms with Gasteiger partial charge < -0.3 is 14.0 Å². The second-order valence-electron chi connectivity index (χ2n) is 5.38. The molecule has 0 aliphatic carbocycles. The Balaban J connectivity index is 1.63. The van der Waals surface area contributed by atoms with Crippen LogP contribution in [-0.2, 0) is 0 Å². The minimum absolute atomic E-state index is 0.146. The van der Waals surface area contributed by atoms with E-state index in [1.165, 1.54) is 0 Å². The fourth-order valence-corrected chi connectivity index (χ4v) is 2.33. The molecule has 1 aromatic carbocycles. The van der Waals surface area contributed by atoms with E-state index < -0.39 is 0 Å². The number of rotatable bonds is 6. The van der Waals surface area contributed by atoms with Crippen LogP contribution in [0.5, 0.6) is 11.8 Å². The van der Waals surface area contributed by atoms with Gasteiger partial charge in [0.2, 0.25) is 11.7 Å². The summed E-state index contributed by atoms with van der Waals surface area (Å²) in [6.07, 6.45) is 0.146. The minimum Gasteiger partial charge on any atom is -0.489 e. The molecule has 0 N–H and O–H groups in total. The van der Waals surface area contributed by atoms with Crippen LogP contribution in [0.4, 0.5) is 0 Å². The first-order chi connectivity index (χ1) is 11.5. The van der Waals surface area contributed by atoms with Crippen LogP contribution in [0.25, 0.3) is 11.4 Å². The number of benzene rings is 1. The van der Waals surface area contributed by atoms with Crippen LogP contribution < -0.4 is 9.47 Å². The summed E-state index contributed by atoms with van der Waals surface area (Å²) in [7, 11) is 0. The maximum Gasteiger partial charge on any atom is 0.417 e. The summed E-state index contributed by atoms with van der Waals surface area (Å²) in [5.74, 6) is 2.45. The van der Waals surface area contributed by atoms with E-state index in [2.05, 4.69) is 20.3 Å². The number of aromatic nitrogens is 4. The molecule has 0 atom stereocenters. The zero-order valence-corrected chi connectivity index (χ0v) is 14.0. The van der Waals surface area contributed by atoms with E-state index in [-0.39, 0.29) is 6.08 Å². The highest BCUT2D eigenvalue weighted by Crippen LogP contribution is 2.29. The van der Waals surface area contributed by atoms with E-state index in [1.807, 2.05) is 26.0 Å². The third-order valence-corrected chi connectivity index (χ3v) is 3.31. The molecule has 8 nitrogen and oxygen atoms in total. The molecule has 0 bridgehead atoms. The lowest BCUT2D eigenvalue weighted by atomic mass is 10.1. The number of aryl methyl sites for hydroxylation is 4. The Kier molecular flexibility index (Phi) is 4.45. The molecule has 126 valence electrons. The Morgan fingerprint density at radius 3 is 2.17 bits per heavy atom. The first-order valence-electron chi connectivity index (χ1n) is 7.51. The first-order valence-corrected chi connectivity index (χ1v) is 7.51. The van der Waals surface area contributed by atoms with Gasteiger partial charge >= 0.3 is 6.08 Å². The molecule has 0 amide bonds. The van der Waals surface area contributed by atoms with E-state index in [1.54, 1.807) is 13.8 Å². The highest BCUT2D eigenvalue weighted by molar-refractivity contribution is 5.60. The predicted molar refractivity (Wildman–Crippen MR) is 84.0 cm³/mol. The van der Waals surface area contributed by atoms with Crippen LogP contribution in [0.3, 0.4) is 0 Å². The van der Waals surface area contributed by atoms with Gasteiger partial charge in [-0.05, 0) is 44.0 Å². The summed E-state index contributed by atoms with van der Waals surface area (Å²) in [5, 5.41) is 7.59. The zero-order chi connectivity index (χ0) is 17.1. The Morgan fingerprint density at radius 1 is 0.875 bits per heavy atom. The van der Waals surface area contributed by atoms with Crippen molar-refractivity contribution in [1.29, 1.82) is 0 Å². The van der Waals surface area contributed by atoms with Crippen molar-refractivity contribution in [3.63, 3.8) is 0 Å². The second kappa shape index (κ2) is 6.69. The topological polar surface area (TPSA) is 96.3 Å². The average Bonchev–Trinajstić information content (AvgIpc) is 3.14. The van der Waals surface area contributed by atoms with E-state index in [0.717, 1.165) is 22.4 Å². The van der Waals surface area contributed by atoms with E-state index in [9.17, 15) is 0 Å². The summed E-state index contributed by atoms with van der Waals surface area (Å²) in [6, 6.07) is 3.93. The summed E-state index contributed by atoms with van der Waals surface area (Å²) < 4.78 is 21.0. The van der Waals surface area contributed by atoms with Gasteiger partial charge in [-0.1, -0.05) is 10.3 Å². The number of hydrogen-bond donors (Lipinski definition) is 0.